The lowest BCUT2D eigenvalue weighted by Gasteiger charge is -2.32. The smallest absolute Gasteiger partial charge is 0.227 e. The van der Waals surface area contributed by atoms with Gasteiger partial charge in [-0.1, -0.05) is 29.8 Å². The molecule has 1 aliphatic heterocycles. The van der Waals surface area contributed by atoms with Crippen LogP contribution in [0.15, 0.2) is 36.7 Å². The van der Waals surface area contributed by atoms with Crippen molar-refractivity contribution in [1.82, 2.24) is 24.6 Å². The number of aryl methyl sites for hydroxylation is 2. The number of nitrogens with zero attached hydrogens (tertiary/aromatic N) is 5. The number of carbonyl (C=O) groups is 1. The highest BCUT2D eigenvalue weighted by molar-refractivity contribution is 5.79. The zero-order valence-corrected chi connectivity index (χ0v) is 15.2. The normalized spacial score (nSPS) is 17.6. The van der Waals surface area contributed by atoms with Crippen molar-refractivity contribution in [3.63, 3.8) is 0 Å². The summed E-state index contributed by atoms with van der Waals surface area (Å²) in [4.78, 5) is 23.6. The third-order valence-electron chi connectivity index (χ3n) is 5.12. The SMILES string of the molecule is Cc1ccc(CC(=O)N2CCC[C@H](c3nn(C)c4nccnc34)C2)cc1. The van der Waals surface area contributed by atoms with Crippen LogP contribution in [-0.4, -0.2) is 43.6 Å². The monoisotopic (exact) mass is 349 g/mol. The molecule has 26 heavy (non-hydrogen) atoms. The summed E-state index contributed by atoms with van der Waals surface area (Å²) in [6, 6.07) is 8.19. The van der Waals surface area contributed by atoms with Gasteiger partial charge in [0.15, 0.2) is 5.65 Å². The van der Waals surface area contributed by atoms with Gasteiger partial charge in [-0.2, -0.15) is 5.10 Å². The fourth-order valence-electron chi connectivity index (χ4n) is 3.70. The molecule has 0 aliphatic carbocycles. The van der Waals surface area contributed by atoms with Crippen LogP contribution in [0.4, 0.5) is 0 Å². The molecule has 1 aromatic carbocycles. The van der Waals surface area contributed by atoms with E-state index in [0.717, 1.165) is 41.8 Å². The summed E-state index contributed by atoms with van der Waals surface area (Å²) in [5.74, 6) is 0.399. The molecule has 1 saturated heterocycles. The van der Waals surface area contributed by atoms with Gasteiger partial charge in [0, 0.05) is 38.4 Å². The molecular weight excluding hydrogens is 326 g/mol. The predicted octanol–water partition coefficient (Wildman–Crippen LogP) is 2.62. The first kappa shape index (κ1) is 16.7. The molecule has 3 heterocycles. The molecule has 0 unspecified atom stereocenters. The quantitative estimate of drug-likeness (QED) is 0.729. The van der Waals surface area contributed by atoms with Gasteiger partial charge in [-0.25, -0.2) is 14.6 Å². The topological polar surface area (TPSA) is 63.9 Å². The predicted molar refractivity (Wildman–Crippen MR) is 99.7 cm³/mol. The lowest BCUT2D eigenvalue weighted by molar-refractivity contribution is -0.131. The standard InChI is InChI=1S/C20H23N5O/c1-14-5-7-15(8-6-14)12-17(26)25-11-3-4-16(13-25)18-19-20(24(2)23-18)22-10-9-21-19/h5-10,16H,3-4,11-13H2,1-2H3/t16-/m0/s1. The molecule has 1 aliphatic rings. The van der Waals surface area contributed by atoms with Crippen molar-refractivity contribution in [2.45, 2.75) is 32.1 Å². The van der Waals surface area contributed by atoms with E-state index in [1.165, 1.54) is 5.56 Å². The average Bonchev–Trinajstić information content (AvgIpc) is 3.01. The van der Waals surface area contributed by atoms with E-state index in [0.29, 0.717) is 13.0 Å². The number of aromatic nitrogens is 4. The number of benzene rings is 1. The van der Waals surface area contributed by atoms with Crippen LogP contribution in [0.2, 0.25) is 0 Å². The summed E-state index contributed by atoms with van der Waals surface area (Å²) in [7, 11) is 1.89. The Balaban J connectivity index is 1.51. The van der Waals surface area contributed by atoms with E-state index >= 15 is 0 Å². The highest BCUT2D eigenvalue weighted by Gasteiger charge is 2.28. The highest BCUT2D eigenvalue weighted by atomic mass is 16.2. The Bertz CT molecular complexity index is 931. The van der Waals surface area contributed by atoms with Gasteiger partial charge < -0.3 is 4.90 Å². The molecule has 6 nitrogen and oxygen atoms in total. The molecule has 0 saturated carbocycles. The van der Waals surface area contributed by atoms with Crippen molar-refractivity contribution in [1.29, 1.82) is 0 Å². The zero-order valence-electron chi connectivity index (χ0n) is 15.2. The van der Waals surface area contributed by atoms with E-state index < -0.39 is 0 Å². The summed E-state index contributed by atoms with van der Waals surface area (Å²) in [6.07, 6.45) is 5.86. The van der Waals surface area contributed by atoms with Gasteiger partial charge in [0.2, 0.25) is 5.91 Å². The van der Waals surface area contributed by atoms with E-state index in [-0.39, 0.29) is 11.8 Å². The number of likely N-dealkylation sites (tertiary alicyclic amines) is 1. The largest absolute Gasteiger partial charge is 0.342 e. The Morgan fingerprint density at radius 3 is 2.77 bits per heavy atom. The summed E-state index contributed by atoms with van der Waals surface area (Å²) in [5.41, 5.74) is 4.89. The molecule has 0 spiro atoms. The maximum Gasteiger partial charge on any atom is 0.227 e. The van der Waals surface area contributed by atoms with Crippen molar-refractivity contribution in [2.24, 2.45) is 7.05 Å². The van der Waals surface area contributed by atoms with E-state index in [1.54, 1.807) is 17.1 Å². The summed E-state index contributed by atoms with van der Waals surface area (Å²) in [6.45, 7) is 3.58. The minimum Gasteiger partial charge on any atom is -0.342 e. The van der Waals surface area contributed by atoms with Crippen LogP contribution in [0, 0.1) is 6.92 Å². The van der Waals surface area contributed by atoms with Crippen molar-refractivity contribution < 1.29 is 4.79 Å². The highest BCUT2D eigenvalue weighted by Crippen LogP contribution is 2.30. The fraction of sp³-hybridized carbons (Fsp3) is 0.400. The minimum absolute atomic E-state index is 0.185. The third-order valence-corrected chi connectivity index (χ3v) is 5.12. The first-order valence-corrected chi connectivity index (χ1v) is 9.09. The molecule has 1 atom stereocenters. The molecule has 0 radical (unpaired) electrons. The van der Waals surface area contributed by atoms with Crippen molar-refractivity contribution >= 4 is 17.1 Å². The molecule has 3 aromatic rings. The van der Waals surface area contributed by atoms with Gasteiger partial charge in [0.1, 0.15) is 5.52 Å². The number of fused-ring (bicyclic) bond motifs is 1. The number of hydrogen-bond acceptors (Lipinski definition) is 4. The second-order valence-electron chi connectivity index (χ2n) is 7.08. The van der Waals surface area contributed by atoms with Crippen LogP contribution in [0.25, 0.3) is 11.2 Å². The molecule has 0 N–H and O–H groups in total. The van der Waals surface area contributed by atoms with Crippen LogP contribution in [0.5, 0.6) is 0 Å². The molecule has 6 heteroatoms. The van der Waals surface area contributed by atoms with Crippen LogP contribution in [0.3, 0.4) is 0 Å². The molecule has 1 amide bonds. The van der Waals surface area contributed by atoms with Crippen LogP contribution < -0.4 is 0 Å². The third kappa shape index (κ3) is 3.19. The van der Waals surface area contributed by atoms with Crippen molar-refractivity contribution in [3.05, 3.63) is 53.5 Å². The molecule has 1 fully saturated rings. The molecular formula is C20H23N5O. The maximum atomic E-state index is 12.8. The summed E-state index contributed by atoms with van der Waals surface area (Å²) in [5, 5.41) is 4.65. The van der Waals surface area contributed by atoms with Gasteiger partial charge >= 0.3 is 0 Å². The molecule has 4 rings (SSSR count). The maximum absolute atomic E-state index is 12.8. The number of hydrogen-bond donors (Lipinski definition) is 0. The first-order valence-electron chi connectivity index (χ1n) is 9.09. The van der Waals surface area contributed by atoms with Crippen molar-refractivity contribution in [2.75, 3.05) is 13.1 Å². The Labute approximate surface area is 152 Å². The molecule has 0 bridgehead atoms. The Morgan fingerprint density at radius 2 is 1.96 bits per heavy atom. The Morgan fingerprint density at radius 1 is 1.19 bits per heavy atom. The number of amides is 1. The van der Waals surface area contributed by atoms with Gasteiger partial charge in [0.05, 0.1) is 12.1 Å². The van der Waals surface area contributed by atoms with E-state index in [2.05, 4.69) is 34.1 Å². The van der Waals surface area contributed by atoms with Gasteiger partial charge in [-0.15, -0.1) is 0 Å². The number of rotatable bonds is 3. The number of piperidine rings is 1. The first-order chi connectivity index (χ1) is 12.6. The zero-order chi connectivity index (χ0) is 18.1. The van der Waals surface area contributed by atoms with Crippen LogP contribution >= 0.6 is 0 Å². The summed E-state index contributed by atoms with van der Waals surface area (Å²) < 4.78 is 1.78. The fourth-order valence-corrected chi connectivity index (χ4v) is 3.70. The van der Waals surface area contributed by atoms with Crippen molar-refractivity contribution in [3.8, 4) is 0 Å². The lowest BCUT2D eigenvalue weighted by Crippen LogP contribution is -2.40. The van der Waals surface area contributed by atoms with Gasteiger partial charge in [0.25, 0.3) is 0 Å². The van der Waals surface area contributed by atoms with Crippen LogP contribution in [-0.2, 0) is 18.3 Å². The van der Waals surface area contributed by atoms with E-state index in [9.17, 15) is 4.79 Å². The minimum atomic E-state index is 0.185. The average molecular weight is 349 g/mol. The van der Waals surface area contributed by atoms with E-state index in [1.807, 2.05) is 24.1 Å². The van der Waals surface area contributed by atoms with Gasteiger partial charge in [-0.3, -0.25) is 4.79 Å². The van der Waals surface area contributed by atoms with E-state index in [4.69, 9.17) is 0 Å². The second-order valence-corrected chi connectivity index (χ2v) is 7.08. The lowest BCUT2D eigenvalue weighted by atomic mass is 9.94. The summed E-state index contributed by atoms with van der Waals surface area (Å²) >= 11 is 0. The second kappa shape index (κ2) is 6.86. The Hall–Kier alpha value is -2.76. The molecule has 134 valence electrons. The Kier molecular flexibility index (Phi) is 4.41. The van der Waals surface area contributed by atoms with Crippen LogP contribution in [0.1, 0.15) is 35.6 Å². The van der Waals surface area contributed by atoms with Gasteiger partial charge in [-0.05, 0) is 25.3 Å². The molecule has 2 aromatic heterocycles. The number of carbonyl (C=O) groups excluding carboxylic acids is 1.